The zero-order valence-electron chi connectivity index (χ0n) is 10.5. The monoisotopic (exact) mass is 355 g/mol. The Labute approximate surface area is 127 Å². The average molecular weight is 356 g/mol. The van der Waals surface area contributed by atoms with Gasteiger partial charge in [-0.1, -0.05) is 27.3 Å². The second-order valence-corrected chi connectivity index (χ2v) is 6.40. The van der Waals surface area contributed by atoms with E-state index in [0.717, 1.165) is 9.35 Å². The van der Waals surface area contributed by atoms with Crippen molar-refractivity contribution in [2.45, 2.75) is 12.3 Å². The highest BCUT2D eigenvalue weighted by molar-refractivity contribution is 9.10. The Morgan fingerprint density at radius 3 is 3.10 bits per heavy atom. The number of nitrogens with zero attached hydrogens (tertiary/aromatic N) is 1. The molecule has 1 aliphatic heterocycles. The van der Waals surface area contributed by atoms with E-state index in [9.17, 15) is 9.18 Å². The van der Waals surface area contributed by atoms with E-state index in [4.69, 9.17) is 0 Å². The summed E-state index contributed by atoms with van der Waals surface area (Å²) in [5.41, 5.74) is 0.516. The molecule has 2 heterocycles. The maximum absolute atomic E-state index is 14.1. The van der Waals surface area contributed by atoms with Gasteiger partial charge in [-0.05, 0) is 23.8 Å². The molecular formula is C13H11BrFN3OS. The topological polar surface area (TPSA) is 54.0 Å². The molecule has 2 N–H and O–H groups in total. The molecule has 0 bridgehead atoms. The van der Waals surface area contributed by atoms with Gasteiger partial charge in [-0.2, -0.15) is 0 Å². The zero-order valence-corrected chi connectivity index (χ0v) is 12.9. The number of hydrogen-bond acceptors (Lipinski definition) is 4. The summed E-state index contributed by atoms with van der Waals surface area (Å²) in [5.74, 6) is -0.219. The Balaban J connectivity index is 2.12. The smallest absolute Gasteiger partial charge is 0.226 e. The molecule has 20 heavy (non-hydrogen) atoms. The first-order valence-corrected chi connectivity index (χ1v) is 7.62. The van der Waals surface area contributed by atoms with Crippen LogP contribution in [0, 0.1) is 5.82 Å². The molecule has 1 atom stereocenters. The summed E-state index contributed by atoms with van der Waals surface area (Å²) in [5, 5.41) is 6.39. The number of anilines is 2. The fraction of sp³-hybridized carbons (Fsp3) is 0.231. The zero-order chi connectivity index (χ0) is 14.3. The van der Waals surface area contributed by atoms with Gasteiger partial charge in [-0.3, -0.25) is 4.79 Å². The van der Waals surface area contributed by atoms with Crippen LogP contribution in [0.15, 0.2) is 22.7 Å². The molecule has 104 valence electrons. The van der Waals surface area contributed by atoms with Crippen molar-refractivity contribution in [1.29, 1.82) is 0 Å². The second-order valence-electron chi connectivity index (χ2n) is 4.45. The number of fused-ring (bicyclic) bond motifs is 1. The van der Waals surface area contributed by atoms with E-state index >= 15 is 0 Å². The van der Waals surface area contributed by atoms with Crippen molar-refractivity contribution in [2.75, 3.05) is 17.7 Å². The highest BCUT2D eigenvalue weighted by Crippen LogP contribution is 2.43. The maximum Gasteiger partial charge on any atom is 0.226 e. The lowest BCUT2D eigenvalue weighted by molar-refractivity contribution is -0.116. The normalized spacial score (nSPS) is 17.6. The summed E-state index contributed by atoms with van der Waals surface area (Å²) in [6, 6.07) is 4.78. The molecule has 4 nitrogen and oxygen atoms in total. The minimum absolute atomic E-state index is 0.144. The highest BCUT2D eigenvalue weighted by atomic mass is 79.9. The van der Waals surface area contributed by atoms with E-state index in [2.05, 4.69) is 31.5 Å². The summed E-state index contributed by atoms with van der Waals surface area (Å²) < 4.78 is 14.9. The Bertz CT molecular complexity index is 688. The third kappa shape index (κ3) is 2.31. The van der Waals surface area contributed by atoms with Crippen molar-refractivity contribution < 1.29 is 9.18 Å². The predicted molar refractivity (Wildman–Crippen MR) is 80.9 cm³/mol. The number of rotatable bonds is 2. The number of carbonyl (C=O) groups excluding carboxylic acids is 1. The molecule has 7 heteroatoms. The lowest BCUT2D eigenvalue weighted by Gasteiger charge is -2.22. The number of aromatic nitrogens is 1. The Hall–Kier alpha value is -1.47. The highest BCUT2D eigenvalue weighted by Gasteiger charge is 2.31. The molecule has 2 aromatic rings. The summed E-state index contributed by atoms with van der Waals surface area (Å²) in [6.45, 7) is 0. The minimum atomic E-state index is -0.307. The minimum Gasteiger partial charge on any atom is -0.365 e. The third-order valence-electron chi connectivity index (χ3n) is 3.16. The third-order valence-corrected chi connectivity index (χ3v) is 4.84. The Morgan fingerprint density at radius 2 is 2.35 bits per heavy atom. The van der Waals surface area contributed by atoms with Crippen LogP contribution in [0.3, 0.4) is 0 Å². The molecule has 0 radical (unpaired) electrons. The van der Waals surface area contributed by atoms with Crippen LogP contribution in [0.5, 0.6) is 0 Å². The van der Waals surface area contributed by atoms with Crippen molar-refractivity contribution in [3.05, 3.63) is 38.9 Å². The van der Waals surface area contributed by atoms with Crippen LogP contribution in [0.1, 0.15) is 22.8 Å². The van der Waals surface area contributed by atoms with Crippen LogP contribution in [0.2, 0.25) is 0 Å². The van der Waals surface area contributed by atoms with Gasteiger partial charge in [0.05, 0.1) is 4.88 Å². The van der Waals surface area contributed by atoms with Gasteiger partial charge in [0.2, 0.25) is 5.91 Å². The van der Waals surface area contributed by atoms with Crippen molar-refractivity contribution in [2.24, 2.45) is 0 Å². The van der Waals surface area contributed by atoms with E-state index in [-0.39, 0.29) is 24.1 Å². The van der Waals surface area contributed by atoms with Crippen molar-refractivity contribution in [3.8, 4) is 0 Å². The maximum atomic E-state index is 14.1. The molecule has 0 fully saturated rings. The van der Waals surface area contributed by atoms with Crippen molar-refractivity contribution in [1.82, 2.24) is 4.98 Å². The molecule has 0 saturated heterocycles. The molecule has 0 spiro atoms. The fourth-order valence-electron chi connectivity index (χ4n) is 2.26. The van der Waals surface area contributed by atoms with Crippen molar-refractivity contribution >= 4 is 44.1 Å². The van der Waals surface area contributed by atoms with Gasteiger partial charge in [0, 0.05) is 23.9 Å². The molecule has 1 aromatic carbocycles. The Kier molecular flexibility index (Phi) is 3.47. The SMILES string of the molecule is CNc1nc2c(s1)[C@H](c1cc(Br)ccc1F)CC(=O)N2. The summed E-state index contributed by atoms with van der Waals surface area (Å²) in [6.07, 6.45) is 0.228. The summed E-state index contributed by atoms with van der Waals surface area (Å²) in [4.78, 5) is 17.0. The number of halogens is 2. The van der Waals surface area contributed by atoms with E-state index in [1.54, 1.807) is 19.2 Å². The lowest BCUT2D eigenvalue weighted by atomic mass is 9.91. The predicted octanol–water partition coefficient (Wildman–Crippen LogP) is 3.56. The van der Waals surface area contributed by atoms with Crippen LogP contribution < -0.4 is 10.6 Å². The van der Waals surface area contributed by atoms with Gasteiger partial charge in [0.1, 0.15) is 11.6 Å². The molecule has 1 amide bonds. The van der Waals surface area contributed by atoms with E-state index in [1.165, 1.54) is 17.4 Å². The van der Waals surface area contributed by atoms with Gasteiger partial charge in [0.15, 0.2) is 5.13 Å². The van der Waals surface area contributed by atoms with Gasteiger partial charge in [-0.15, -0.1) is 0 Å². The second kappa shape index (κ2) is 5.14. The number of nitrogens with one attached hydrogen (secondary N) is 2. The average Bonchev–Trinajstić information content (AvgIpc) is 2.83. The largest absolute Gasteiger partial charge is 0.365 e. The van der Waals surface area contributed by atoms with E-state index < -0.39 is 0 Å². The standard InChI is InChI=1S/C13H11BrFN3OS/c1-16-13-18-12-11(20-13)8(5-10(19)17-12)7-4-6(14)2-3-9(7)15/h2-4,8H,5H2,1H3,(H,16,18)(H,17,19)/t8-/m0/s1. The molecule has 0 saturated carbocycles. The van der Waals surface area contributed by atoms with Crippen LogP contribution in [0.25, 0.3) is 0 Å². The van der Waals surface area contributed by atoms with Crippen molar-refractivity contribution in [3.63, 3.8) is 0 Å². The van der Waals surface area contributed by atoms with Crippen LogP contribution >= 0.6 is 27.3 Å². The molecular weight excluding hydrogens is 345 g/mol. The number of amides is 1. The van der Waals surface area contributed by atoms with Gasteiger partial charge in [-0.25, -0.2) is 9.37 Å². The summed E-state index contributed by atoms with van der Waals surface area (Å²) >= 11 is 4.78. The quantitative estimate of drug-likeness (QED) is 0.865. The number of carbonyl (C=O) groups is 1. The molecule has 1 aromatic heterocycles. The molecule has 0 aliphatic carbocycles. The molecule has 0 unspecified atom stereocenters. The first kappa shape index (κ1) is 13.5. The first-order valence-electron chi connectivity index (χ1n) is 6.01. The summed E-state index contributed by atoms with van der Waals surface area (Å²) in [7, 11) is 1.76. The van der Waals surface area contributed by atoms with Crippen LogP contribution in [0.4, 0.5) is 15.3 Å². The van der Waals surface area contributed by atoms with Gasteiger partial charge >= 0.3 is 0 Å². The lowest BCUT2D eigenvalue weighted by Crippen LogP contribution is -2.23. The van der Waals surface area contributed by atoms with Gasteiger partial charge < -0.3 is 10.6 Å². The number of benzene rings is 1. The van der Waals surface area contributed by atoms with Crippen LogP contribution in [-0.4, -0.2) is 17.9 Å². The van der Waals surface area contributed by atoms with E-state index in [0.29, 0.717) is 16.5 Å². The molecule has 3 rings (SSSR count). The van der Waals surface area contributed by atoms with Crippen LogP contribution in [-0.2, 0) is 4.79 Å². The van der Waals surface area contributed by atoms with Gasteiger partial charge in [0.25, 0.3) is 0 Å². The van der Waals surface area contributed by atoms with E-state index in [1.807, 2.05) is 0 Å². The number of hydrogen-bond donors (Lipinski definition) is 2. The number of thiazole rings is 1. The first-order chi connectivity index (χ1) is 9.58. The Morgan fingerprint density at radius 1 is 1.55 bits per heavy atom. The molecule has 1 aliphatic rings. The fourth-order valence-corrected chi connectivity index (χ4v) is 3.63.